The number of hydrogen-bond acceptors (Lipinski definition) is 3. The molecule has 0 aliphatic carbocycles. The first-order valence-electron chi connectivity index (χ1n) is 10.0. The molecule has 3 N–H and O–H groups in total. The second-order valence-corrected chi connectivity index (χ2v) is 7.60. The fourth-order valence-corrected chi connectivity index (χ4v) is 4.33. The number of para-hydroxylation sites is 2. The van der Waals surface area contributed by atoms with Crippen LogP contribution in [0.25, 0.3) is 27.4 Å². The van der Waals surface area contributed by atoms with E-state index in [0.717, 1.165) is 39.5 Å². The maximum Gasteiger partial charge on any atom is 0.266 e. The number of aromatic nitrogens is 2. The van der Waals surface area contributed by atoms with Crippen LogP contribution < -0.4 is 10.6 Å². The molecule has 4 aromatic rings. The lowest BCUT2D eigenvalue weighted by Crippen LogP contribution is -2.31. The number of nitrogens with zero attached hydrogens (tertiary/aromatic N) is 2. The molecule has 0 fully saturated rings. The monoisotopic (exact) mass is 398 g/mol. The van der Waals surface area contributed by atoms with Crippen molar-refractivity contribution in [2.75, 3.05) is 11.4 Å². The van der Waals surface area contributed by atoms with Crippen LogP contribution in [0.3, 0.4) is 0 Å². The molecule has 0 unspecified atom stereocenters. The summed E-state index contributed by atoms with van der Waals surface area (Å²) in [4.78, 5) is 31.3. The summed E-state index contributed by atoms with van der Waals surface area (Å²) < 4.78 is 1.98. The van der Waals surface area contributed by atoms with Crippen LogP contribution in [-0.4, -0.2) is 27.9 Å². The van der Waals surface area contributed by atoms with Crippen molar-refractivity contribution in [3.8, 4) is 0 Å². The van der Waals surface area contributed by atoms with Gasteiger partial charge < -0.3 is 15.3 Å². The maximum absolute atomic E-state index is 13.5. The molecule has 0 bridgehead atoms. The summed E-state index contributed by atoms with van der Waals surface area (Å²) in [6.45, 7) is 0.538. The van der Waals surface area contributed by atoms with Crippen LogP contribution >= 0.6 is 0 Å². The normalized spacial score (nSPS) is 14.3. The van der Waals surface area contributed by atoms with Gasteiger partial charge in [0, 0.05) is 52.4 Å². The fourth-order valence-electron chi connectivity index (χ4n) is 4.33. The zero-order valence-electron chi connectivity index (χ0n) is 16.7. The van der Waals surface area contributed by atoms with Crippen LogP contribution in [-0.2, 0) is 23.1 Å². The van der Waals surface area contributed by atoms with Crippen LogP contribution in [0.4, 0.5) is 5.69 Å². The third-order valence-electron chi connectivity index (χ3n) is 5.72. The van der Waals surface area contributed by atoms with Gasteiger partial charge in [-0.05, 0) is 31.5 Å². The van der Waals surface area contributed by atoms with Gasteiger partial charge in [0.2, 0.25) is 0 Å². The molecule has 0 saturated heterocycles. The molecule has 0 radical (unpaired) electrons. The van der Waals surface area contributed by atoms with Crippen LogP contribution in [0.1, 0.15) is 17.7 Å². The molecular formula is C24H22N4O2. The van der Waals surface area contributed by atoms with Crippen LogP contribution in [0.5, 0.6) is 0 Å². The molecule has 5 rings (SSSR count). The molecule has 1 aliphatic rings. The van der Waals surface area contributed by atoms with Crippen LogP contribution in [0.15, 0.2) is 60.8 Å². The number of aryl methyl sites for hydroxylation is 2. The number of hydrogen-bond donors (Lipinski definition) is 2. The summed E-state index contributed by atoms with van der Waals surface area (Å²) in [5.41, 5.74) is 10.3. The molecule has 0 atom stereocenters. The van der Waals surface area contributed by atoms with Gasteiger partial charge in [-0.3, -0.25) is 9.59 Å². The lowest BCUT2D eigenvalue weighted by molar-refractivity contribution is -0.119. The zero-order chi connectivity index (χ0) is 20.8. The summed E-state index contributed by atoms with van der Waals surface area (Å²) in [5, 5.41) is 1.82. The zero-order valence-corrected chi connectivity index (χ0v) is 16.7. The predicted octanol–water partition coefficient (Wildman–Crippen LogP) is 3.51. The van der Waals surface area contributed by atoms with Crippen molar-refractivity contribution in [3.63, 3.8) is 0 Å². The SMILES string of the molecule is Cn1cc(C2=CC(=O)N(c3c(CCCN)[nH]c4ccccc34)C2=O)c2ccccc21. The topological polar surface area (TPSA) is 84.1 Å². The summed E-state index contributed by atoms with van der Waals surface area (Å²) in [6, 6.07) is 15.6. The van der Waals surface area contributed by atoms with Crippen molar-refractivity contribution < 1.29 is 9.59 Å². The number of anilines is 1. The van der Waals surface area contributed by atoms with E-state index in [9.17, 15) is 9.59 Å². The van der Waals surface area contributed by atoms with Crippen molar-refractivity contribution in [3.05, 3.63) is 72.1 Å². The van der Waals surface area contributed by atoms with Gasteiger partial charge in [0.15, 0.2) is 0 Å². The number of nitrogens with two attached hydrogens (primary N) is 1. The Kier molecular flexibility index (Phi) is 4.29. The third kappa shape index (κ3) is 2.69. The Labute approximate surface area is 173 Å². The van der Waals surface area contributed by atoms with Gasteiger partial charge in [-0.15, -0.1) is 0 Å². The standard InChI is InChI=1S/C24H22N4O2/c1-27-14-18(15-7-3-5-11-21(15)27)17-13-22(29)28(24(17)30)23-16-8-2-4-9-19(16)26-20(23)10-6-12-25/h2-5,7-9,11,13-14,26H,6,10,12,25H2,1H3. The fraction of sp³-hybridized carbons (Fsp3) is 0.167. The average Bonchev–Trinajstić information content (AvgIpc) is 3.38. The molecule has 2 aromatic carbocycles. The highest BCUT2D eigenvalue weighted by Gasteiger charge is 2.37. The molecule has 0 spiro atoms. The van der Waals surface area contributed by atoms with Gasteiger partial charge in [-0.2, -0.15) is 0 Å². The lowest BCUT2D eigenvalue weighted by Gasteiger charge is -2.16. The van der Waals surface area contributed by atoms with E-state index < -0.39 is 0 Å². The van der Waals surface area contributed by atoms with Crippen molar-refractivity contribution in [1.29, 1.82) is 0 Å². The second-order valence-electron chi connectivity index (χ2n) is 7.60. The molecule has 6 heteroatoms. The molecule has 3 heterocycles. The first kappa shape index (κ1) is 18.4. The van der Waals surface area contributed by atoms with Gasteiger partial charge in [-0.1, -0.05) is 36.4 Å². The Bertz CT molecular complexity index is 1340. The molecule has 2 amide bonds. The van der Waals surface area contributed by atoms with E-state index >= 15 is 0 Å². The molecule has 150 valence electrons. The van der Waals surface area contributed by atoms with E-state index in [-0.39, 0.29) is 11.8 Å². The number of benzene rings is 2. The van der Waals surface area contributed by atoms with E-state index in [1.54, 1.807) is 0 Å². The summed E-state index contributed by atoms with van der Waals surface area (Å²) in [7, 11) is 1.94. The Morgan fingerprint density at radius 3 is 2.53 bits per heavy atom. The number of nitrogens with one attached hydrogen (secondary N) is 1. The van der Waals surface area contributed by atoms with Crippen LogP contribution in [0, 0.1) is 0 Å². The molecule has 2 aromatic heterocycles. The van der Waals surface area contributed by atoms with Gasteiger partial charge in [0.1, 0.15) is 0 Å². The number of imide groups is 1. The minimum atomic E-state index is -0.318. The summed E-state index contributed by atoms with van der Waals surface area (Å²) >= 11 is 0. The molecule has 6 nitrogen and oxygen atoms in total. The highest BCUT2D eigenvalue weighted by molar-refractivity contribution is 6.45. The Morgan fingerprint density at radius 1 is 1.00 bits per heavy atom. The highest BCUT2D eigenvalue weighted by atomic mass is 16.2. The minimum Gasteiger partial charge on any atom is -0.357 e. The maximum atomic E-state index is 13.5. The number of carbonyl (C=O) groups excluding carboxylic acids is 2. The second kappa shape index (κ2) is 7.00. The third-order valence-corrected chi connectivity index (χ3v) is 5.72. The number of fused-ring (bicyclic) bond motifs is 2. The van der Waals surface area contributed by atoms with E-state index in [4.69, 9.17) is 5.73 Å². The molecule has 1 aliphatic heterocycles. The van der Waals surface area contributed by atoms with Crippen molar-refractivity contribution in [1.82, 2.24) is 9.55 Å². The quantitative estimate of drug-likeness (QED) is 0.505. The van der Waals surface area contributed by atoms with E-state index in [1.165, 1.54) is 11.0 Å². The highest BCUT2D eigenvalue weighted by Crippen LogP contribution is 2.38. The first-order chi connectivity index (χ1) is 14.6. The smallest absolute Gasteiger partial charge is 0.266 e. The van der Waals surface area contributed by atoms with Crippen molar-refractivity contribution >= 4 is 44.9 Å². The average molecular weight is 398 g/mol. The van der Waals surface area contributed by atoms with E-state index in [0.29, 0.717) is 24.2 Å². The van der Waals surface area contributed by atoms with Crippen LogP contribution in [0.2, 0.25) is 0 Å². The van der Waals surface area contributed by atoms with Crippen molar-refractivity contribution in [2.45, 2.75) is 12.8 Å². The molecule has 30 heavy (non-hydrogen) atoms. The van der Waals surface area contributed by atoms with Crippen molar-refractivity contribution in [2.24, 2.45) is 12.8 Å². The summed E-state index contributed by atoms with van der Waals surface area (Å²) in [5.74, 6) is -0.614. The minimum absolute atomic E-state index is 0.296. The summed E-state index contributed by atoms with van der Waals surface area (Å²) in [6.07, 6.45) is 4.80. The molecule has 0 saturated carbocycles. The lowest BCUT2D eigenvalue weighted by atomic mass is 10.1. The number of carbonyl (C=O) groups is 2. The van der Waals surface area contributed by atoms with Gasteiger partial charge in [0.05, 0.1) is 11.3 Å². The first-order valence-corrected chi connectivity index (χ1v) is 10.0. The Morgan fingerprint density at radius 2 is 1.73 bits per heavy atom. The number of amides is 2. The van der Waals surface area contributed by atoms with Gasteiger partial charge >= 0.3 is 0 Å². The largest absolute Gasteiger partial charge is 0.357 e. The predicted molar refractivity (Wildman–Crippen MR) is 119 cm³/mol. The van der Waals surface area contributed by atoms with E-state index in [1.807, 2.05) is 66.3 Å². The Balaban J connectivity index is 1.63. The molecular weight excluding hydrogens is 376 g/mol. The number of aromatic amines is 1. The van der Waals surface area contributed by atoms with E-state index in [2.05, 4.69) is 4.98 Å². The number of H-pyrrole nitrogens is 1. The number of rotatable bonds is 5. The Hall–Kier alpha value is -3.64. The van der Waals surface area contributed by atoms with Gasteiger partial charge in [-0.25, -0.2) is 4.90 Å². The van der Waals surface area contributed by atoms with Gasteiger partial charge in [0.25, 0.3) is 11.8 Å².